The predicted molar refractivity (Wildman–Crippen MR) is 184 cm³/mol. The van der Waals surface area contributed by atoms with Crippen LogP contribution in [0.2, 0.25) is 0 Å². The summed E-state index contributed by atoms with van der Waals surface area (Å²) in [6.45, 7) is 2.35. The number of fused-ring (bicyclic) bond motifs is 1. The van der Waals surface area contributed by atoms with Crippen molar-refractivity contribution >= 4 is 48.9 Å². The minimum absolute atomic E-state index is 0.0204. The van der Waals surface area contributed by atoms with Gasteiger partial charge < -0.3 is 14.4 Å². The standard InChI is InChI=1S/C36H32BrN3O5S/c1-24-9-12-27(13-10-24)38-46(42,43)30-18-19-33-31(22-30)36(41)40(28-14-16-29(44-2)17-15-28)35(32-21-26(37)11-20-34(32)45-3)39(33)23-25-7-5-4-6-8-25/h4-22,35,38H,23H2,1-3H3/t35-/m1/s1. The highest BCUT2D eigenvalue weighted by Gasteiger charge is 2.41. The van der Waals surface area contributed by atoms with Gasteiger partial charge in [-0.05, 0) is 85.3 Å². The molecule has 1 aliphatic rings. The number of nitrogens with one attached hydrogen (secondary N) is 1. The molecule has 1 N–H and O–H groups in total. The van der Waals surface area contributed by atoms with Crippen molar-refractivity contribution in [2.45, 2.75) is 24.5 Å². The molecule has 234 valence electrons. The monoisotopic (exact) mass is 697 g/mol. The van der Waals surface area contributed by atoms with Crippen molar-refractivity contribution in [2.24, 2.45) is 0 Å². The van der Waals surface area contributed by atoms with E-state index in [2.05, 4.69) is 25.6 Å². The molecule has 5 aromatic rings. The van der Waals surface area contributed by atoms with E-state index in [-0.39, 0.29) is 16.4 Å². The van der Waals surface area contributed by atoms with Gasteiger partial charge in [0.1, 0.15) is 17.7 Å². The zero-order valence-electron chi connectivity index (χ0n) is 25.5. The van der Waals surface area contributed by atoms with E-state index < -0.39 is 16.2 Å². The summed E-state index contributed by atoms with van der Waals surface area (Å²) in [6.07, 6.45) is -0.658. The largest absolute Gasteiger partial charge is 0.497 e. The molecule has 5 aromatic carbocycles. The second-order valence-corrected chi connectivity index (χ2v) is 13.5. The highest BCUT2D eigenvalue weighted by atomic mass is 79.9. The van der Waals surface area contributed by atoms with Gasteiger partial charge >= 0.3 is 0 Å². The molecule has 6 rings (SSSR count). The first-order chi connectivity index (χ1) is 22.2. The third-order valence-electron chi connectivity index (χ3n) is 7.90. The van der Waals surface area contributed by atoms with Gasteiger partial charge in [-0.25, -0.2) is 8.42 Å². The van der Waals surface area contributed by atoms with Crippen LogP contribution in [0.5, 0.6) is 11.5 Å². The molecule has 0 bridgehead atoms. The predicted octanol–water partition coefficient (Wildman–Crippen LogP) is 7.94. The summed E-state index contributed by atoms with van der Waals surface area (Å²) >= 11 is 3.62. The van der Waals surface area contributed by atoms with Gasteiger partial charge in [0.05, 0.1) is 30.4 Å². The first kappa shape index (κ1) is 31.2. The highest BCUT2D eigenvalue weighted by Crippen LogP contribution is 2.46. The Morgan fingerprint density at radius 1 is 0.826 bits per heavy atom. The summed E-state index contributed by atoms with van der Waals surface area (Å²) in [4.78, 5) is 18.5. The summed E-state index contributed by atoms with van der Waals surface area (Å²) in [5.41, 5.74) is 4.66. The molecule has 0 radical (unpaired) electrons. The number of amides is 1. The maximum absolute atomic E-state index is 14.7. The molecule has 0 fully saturated rings. The topological polar surface area (TPSA) is 88.2 Å². The van der Waals surface area contributed by atoms with Crippen LogP contribution in [-0.2, 0) is 16.6 Å². The number of ether oxygens (including phenoxy) is 2. The third kappa shape index (κ3) is 6.18. The molecule has 1 heterocycles. The number of carbonyl (C=O) groups is 1. The lowest BCUT2D eigenvalue weighted by Gasteiger charge is -2.46. The Hall–Kier alpha value is -4.80. The number of methoxy groups -OCH3 is 2. The molecule has 10 heteroatoms. The summed E-state index contributed by atoms with van der Waals surface area (Å²) in [5, 5.41) is 0. The van der Waals surface area contributed by atoms with E-state index in [1.807, 2.05) is 79.7 Å². The molecule has 1 atom stereocenters. The summed E-state index contributed by atoms with van der Waals surface area (Å²) in [6, 6.07) is 34.6. The van der Waals surface area contributed by atoms with Gasteiger partial charge in [0.2, 0.25) is 0 Å². The van der Waals surface area contributed by atoms with Crippen LogP contribution in [0.3, 0.4) is 0 Å². The van der Waals surface area contributed by atoms with E-state index in [0.29, 0.717) is 35.1 Å². The lowest BCUT2D eigenvalue weighted by molar-refractivity contribution is 0.0967. The fourth-order valence-electron chi connectivity index (χ4n) is 5.62. The van der Waals surface area contributed by atoms with Crippen LogP contribution in [0.4, 0.5) is 17.1 Å². The molecule has 8 nitrogen and oxygen atoms in total. The number of sulfonamides is 1. The maximum Gasteiger partial charge on any atom is 0.262 e. The lowest BCUT2D eigenvalue weighted by Crippen LogP contribution is -2.49. The number of hydrogen-bond donors (Lipinski definition) is 1. The number of aryl methyl sites for hydroxylation is 1. The molecule has 0 aliphatic carbocycles. The molecule has 0 spiro atoms. The summed E-state index contributed by atoms with van der Waals surface area (Å²) in [7, 11) is -0.831. The maximum atomic E-state index is 14.7. The summed E-state index contributed by atoms with van der Waals surface area (Å²) in [5.74, 6) is 0.883. The van der Waals surface area contributed by atoms with E-state index in [9.17, 15) is 13.2 Å². The van der Waals surface area contributed by atoms with Crippen molar-refractivity contribution in [3.8, 4) is 11.5 Å². The van der Waals surface area contributed by atoms with Crippen molar-refractivity contribution in [3.05, 3.63) is 142 Å². The Morgan fingerprint density at radius 2 is 1.54 bits per heavy atom. The van der Waals surface area contributed by atoms with Crippen molar-refractivity contribution in [1.82, 2.24) is 0 Å². The number of benzene rings is 5. The Bertz CT molecular complexity index is 1990. The van der Waals surface area contributed by atoms with E-state index in [1.54, 1.807) is 55.5 Å². The molecule has 1 amide bonds. The molecule has 0 aromatic heterocycles. The Balaban J connectivity index is 1.55. The van der Waals surface area contributed by atoms with Gasteiger partial charge in [-0.1, -0.05) is 64.0 Å². The van der Waals surface area contributed by atoms with Crippen molar-refractivity contribution in [2.75, 3.05) is 28.7 Å². The fraction of sp³-hybridized carbons (Fsp3) is 0.139. The smallest absolute Gasteiger partial charge is 0.262 e. The quantitative estimate of drug-likeness (QED) is 0.168. The van der Waals surface area contributed by atoms with Crippen LogP contribution in [0.1, 0.15) is 33.2 Å². The number of nitrogens with zero attached hydrogens (tertiary/aromatic N) is 2. The molecule has 0 unspecified atom stereocenters. The first-order valence-electron chi connectivity index (χ1n) is 14.5. The number of rotatable bonds is 9. The van der Waals surface area contributed by atoms with Gasteiger partial charge in [-0.15, -0.1) is 0 Å². The van der Waals surface area contributed by atoms with Crippen molar-refractivity contribution in [3.63, 3.8) is 0 Å². The fourth-order valence-corrected chi connectivity index (χ4v) is 7.08. The molecule has 0 saturated heterocycles. The van der Waals surface area contributed by atoms with E-state index >= 15 is 0 Å². The number of carbonyl (C=O) groups excluding carboxylic acids is 1. The second-order valence-electron chi connectivity index (χ2n) is 10.9. The van der Waals surface area contributed by atoms with Crippen LogP contribution in [0, 0.1) is 6.92 Å². The van der Waals surface area contributed by atoms with Crippen LogP contribution < -0.4 is 24.0 Å². The molecular weight excluding hydrogens is 666 g/mol. The van der Waals surface area contributed by atoms with Crippen LogP contribution in [0.15, 0.2) is 125 Å². The van der Waals surface area contributed by atoms with Gasteiger partial charge in [-0.3, -0.25) is 14.4 Å². The molecule has 1 aliphatic heterocycles. The Labute approximate surface area is 277 Å². The second kappa shape index (κ2) is 12.9. The lowest BCUT2D eigenvalue weighted by atomic mass is 9.98. The van der Waals surface area contributed by atoms with Gasteiger partial charge in [0.15, 0.2) is 0 Å². The van der Waals surface area contributed by atoms with Gasteiger partial charge in [0.25, 0.3) is 15.9 Å². The minimum atomic E-state index is -4.01. The number of anilines is 3. The highest BCUT2D eigenvalue weighted by molar-refractivity contribution is 9.10. The molecular formula is C36H32BrN3O5S. The normalized spacial score (nSPS) is 14.5. The zero-order chi connectivity index (χ0) is 32.4. The average Bonchev–Trinajstić information content (AvgIpc) is 3.07. The van der Waals surface area contributed by atoms with Crippen molar-refractivity contribution in [1.29, 1.82) is 0 Å². The Kier molecular flexibility index (Phi) is 8.75. The first-order valence-corrected chi connectivity index (χ1v) is 16.8. The zero-order valence-corrected chi connectivity index (χ0v) is 27.9. The van der Waals surface area contributed by atoms with E-state index in [1.165, 1.54) is 6.07 Å². The van der Waals surface area contributed by atoms with Gasteiger partial charge in [-0.2, -0.15) is 0 Å². The summed E-state index contributed by atoms with van der Waals surface area (Å²) < 4.78 is 41.9. The van der Waals surface area contributed by atoms with E-state index in [0.717, 1.165) is 21.2 Å². The molecule has 46 heavy (non-hydrogen) atoms. The number of hydrogen-bond acceptors (Lipinski definition) is 6. The average molecular weight is 699 g/mol. The van der Waals surface area contributed by atoms with E-state index in [4.69, 9.17) is 9.47 Å². The molecule has 0 saturated carbocycles. The van der Waals surface area contributed by atoms with Crippen LogP contribution in [0.25, 0.3) is 0 Å². The van der Waals surface area contributed by atoms with Gasteiger partial charge in [0, 0.05) is 28.0 Å². The minimum Gasteiger partial charge on any atom is -0.497 e. The third-order valence-corrected chi connectivity index (χ3v) is 9.77. The van der Waals surface area contributed by atoms with Crippen LogP contribution in [-0.4, -0.2) is 28.5 Å². The Morgan fingerprint density at radius 3 is 2.22 bits per heavy atom. The van der Waals surface area contributed by atoms with Crippen molar-refractivity contribution < 1.29 is 22.7 Å². The number of halogens is 1. The SMILES string of the molecule is COc1ccc(N2C(=O)c3cc(S(=O)(=O)Nc4ccc(C)cc4)ccc3N(Cc3ccccc3)[C@H]2c2cc(Br)ccc2OC)cc1. The van der Waals surface area contributed by atoms with Crippen LogP contribution >= 0.6 is 15.9 Å².